The molecule has 0 atom stereocenters. The maximum Gasteiger partial charge on any atom is 0.256 e. The van der Waals surface area contributed by atoms with Crippen LogP contribution in [0.5, 0.6) is 0 Å². The van der Waals surface area contributed by atoms with Crippen molar-refractivity contribution >= 4 is 0 Å². The Morgan fingerprint density at radius 1 is 1.47 bits per heavy atom. The van der Waals surface area contributed by atoms with E-state index in [-0.39, 0.29) is 5.56 Å². The van der Waals surface area contributed by atoms with Gasteiger partial charge in [0.15, 0.2) is 0 Å². The van der Waals surface area contributed by atoms with Crippen LogP contribution in [0.4, 0.5) is 0 Å². The van der Waals surface area contributed by atoms with Crippen LogP contribution in [0.2, 0.25) is 0 Å². The van der Waals surface area contributed by atoms with Gasteiger partial charge in [-0.3, -0.25) is 9.36 Å². The molecule has 0 bridgehead atoms. The maximum absolute atomic E-state index is 12.0. The van der Waals surface area contributed by atoms with Gasteiger partial charge in [-0.1, -0.05) is 0 Å². The van der Waals surface area contributed by atoms with Crippen LogP contribution in [0.1, 0.15) is 24.1 Å². The van der Waals surface area contributed by atoms with E-state index in [2.05, 4.69) is 10.3 Å². The molecule has 4 nitrogen and oxygen atoms in total. The van der Waals surface area contributed by atoms with E-state index >= 15 is 0 Å². The lowest BCUT2D eigenvalue weighted by Crippen LogP contribution is -2.30. The molecule has 0 radical (unpaired) electrons. The lowest BCUT2D eigenvalue weighted by Gasteiger charge is -2.15. The molecule has 1 aromatic heterocycles. The van der Waals surface area contributed by atoms with E-state index < -0.39 is 0 Å². The fraction of sp³-hybridized carbons (Fsp3) is 0.636. The molecule has 0 saturated carbocycles. The summed E-state index contributed by atoms with van der Waals surface area (Å²) in [7, 11) is 1.89. The number of fused-ring (bicyclic) bond motifs is 1. The average Bonchev–Trinajstić information content (AvgIpc) is 2.29. The third-order valence-electron chi connectivity index (χ3n) is 2.91. The zero-order valence-corrected chi connectivity index (χ0v) is 9.12. The van der Waals surface area contributed by atoms with Gasteiger partial charge in [0.2, 0.25) is 0 Å². The number of nitrogens with one attached hydrogen (secondary N) is 1. The first-order valence-corrected chi connectivity index (χ1v) is 5.54. The van der Waals surface area contributed by atoms with Crippen molar-refractivity contribution in [3.63, 3.8) is 0 Å². The van der Waals surface area contributed by atoms with Gasteiger partial charge in [-0.15, -0.1) is 0 Å². The standard InChI is InChI=1S/C11H17N3O/c1-12-6-7-14-8-13-10-5-3-2-4-9(10)11(14)15/h8,12H,2-7H2,1H3. The highest BCUT2D eigenvalue weighted by Crippen LogP contribution is 2.14. The summed E-state index contributed by atoms with van der Waals surface area (Å²) < 4.78 is 1.71. The van der Waals surface area contributed by atoms with Crippen molar-refractivity contribution in [1.82, 2.24) is 14.9 Å². The minimum atomic E-state index is 0.162. The number of likely N-dealkylation sites (N-methyl/N-ethyl adjacent to an activating group) is 1. The number of aromatic nitrogens is 2. The highest BCUT2D eigenvalue weighted by atomic mass is 16.1. The summed E-state index contributed by atoms with van der Waals surface area (Å²) >= 11 is 0. The molecule has 15 heavy (non-hydrogen) atoms. The molecule has 1 aromatic rings. The molecule has 0 aliphatic heterocycles. The van der Waals surface area contributed by atoms with Gasteiger partial charge < -0.3 is 5.32 Å². The second-order valence-electron chi connectivity index (χ2n) is 3.98. The normalized spacial score (nSPS) is 15.0. The van der Waals surface area contributed by atoms with E-state index in [1.807, 2.05) is 7.05 Å². The topological polar surface area (TPSA) is 46.9 Å². The molecule has 1 aliphatic rings. The lowest BCUT2D eigenvalue weighted by molar-refractivity contribution is 0.581. The Morgan fingerprint density at radius 3 is 3.07 bits per heavy atom. The number of nitrogens with zero attached hydrogens (tertiary/aromatic N) is 2. The van der Waals surface area contributed by atoms with Gasteiger partial charge in [-0.2, -0.15) is 0 Å². The van der Waals surface area contributed by atoms with Crippen molar-refractivity contribution < 1.29 is 0 Å². The molecule has 4 heteroatoms. The Kier molecular flexibility index (Phi) is 3.16. The Balaban J connectivity index is 2.30. The second-order valence-corrected chi connectivity index (χ2v) is 3.98. The molecular formula is C11H17N3O. The van der Waals surface area contributed by atoms with E-state index in [4.69, 9.17) is 0 Å². The summed E-state index contributed by atoms with van der Waals surface area (Å²) in [6.07, 6.45) is 5.85. The molecule has 0 spiro atoms. The van der Waals surface area contributed by atoms with Gasteiger partial charge in [0.05, 0.1) is 12.0 Å². The van der Waals surface area contributed by atoms with E-state index in [0.717, 1.165) is 37.1 Å². The summed E-state index contributed by atoms with van der Waals surface area (Å²) in [6, 6.07) is 0. The predicted octanol–water partition coefficient (Wildman–Crippen LogP) is 0.341. The molecule has 0 aromatic carbocycles. The third-order valence-corrected chi connectivity index (χ3v) is 2.91. The fourth-order valence-corrected chi connectivity index (χ4v) is 2.02. The van der Waals surface area contributed by atoms with Crippen molar-refractivity contribution in [2.24, 2.45) is 0 Å². The Bertz CT molecular complexity index is 397. The summed E-state index contributed by atoms with van der Waals surface area (Å²) in [6.45, 7) is 1.51. The van der Waals surface area contributed by atoms with Crippen molar-refractivity contribution in [2.45, 2.75) is 32.2 Å². The number of hydrogen-bond acceptors (Lipinski definition) is 3. The van der Waals surface area contributed by atoms with Gasteiger partial charge in [-0.25, -0.2) is 4.98 Å². The van der Waals surface area contributed by atoms with Crippen molar-refractivity contribution in [2.75, 3.05) is 13.6 Å². The number of aryl methyl sites for hydroxylation is 1. The van der Waals surface area contributed by atoms with Crippen LogP contribution in [0, 0.1) is 0 Å². The molecule has 0 saturated heterocycles. The second kappa shape index (κ2) is 4.57. The maximum atomic E-state index is 12.0. The highest BCUT2D eigenvalue weighted by molar-refractivity contribution is 5.19. The van der Waals surface area contributed by atoms with Crippen LogP contribution in [-0.4, -0.2) is 23.1 Å². The first-order valence-electron chi connectivity index (χ1n) is 5.54. The zero-order valence-electron chi connectivity index (χ0n) is 9.12. The number of rotatable bonds is 3. The Labute approximate surface area is 89.3 Å². The van der Waals surface area contributed by atoms with E-state index in [1.54, 1.807) is 10.9 Å². The van der Waals surface area contributed by atoms with Crippen LogP contribution < -0.4 is 10.9 Å². The van der Waals surface area contributed by atoms with Crippen LogP contribution in [0.25, 0.3) is 0 Å². The Morgan fingerprint density at radius 2 is 2.27 bits per heavy atom. The van der Waals surface area contributed by atoms with Crippen LogP contribution in [-0.2, 0) is 19.4 Å². The van der Waals surface area contributed by atoms with Crippen LogP contribution in [0.3, 0.4) is 0 Å². The lowest BCUT2D eigenvalue weighted by atomic mass is 9.97. The number of hydrogen-bond donors (Lipinski definition) is 1. The van der Waals surface area contributed by atoms with Gasteiger partial charge in [0, 0.05) is 18.7 Å². The highest BCUT2D eigenvalue weighted by Gasteiger charge is 2.14. The first-order chi connectivity index (χ1) is 7.33. The summed E-state index contributed by atoms with van der Waals surface area (Å²) in [5.41, 5.74) is 2.13. The van der Waals surface area contributed by atoms with E-state index in [1.165, 1.54) is 6.42 Å². The third kappa shape index (κ3) is 2.09. The minimum absolute atomic E-state index is 0.162. The van der Waals surface area contributed by atoms with Crippen molar-refractivity contribution in [3.8, 4) is 0 Å². The molecule has 1 N–H and O–H groups in total. The fourth-order valence-electron chi connectivity index (χ4n) is 2.02. The average molecular weight is 207 g/mol. The molecule has 0 unspecified atom stereocenters. The first kappa shape index (κ1) is 10.4. The van der Waals surface area contributed by atoms with Crippen molar-refractivity contribution in [3.05, 3.63) is 27.9 Å². The monoisotopic (exact) mass is 207 g/mol. The quantitative estimate of drug-likeness (QED) is 0.777. The van der Waals surface area contributed by atoms with Gasteiger partial charge in [0.1, 0.15) is 0 Å². The van der Waals surface area contributed by atoms with E-state index in [0.29, 0.717) is 6.54 Å². The SMILES string of the molecule is CNCCn1cnc2c(c1=O)CCCC2. The molecular weight excluding hydrogens is 190 g/mol. The molecule has 0 fully saturated rings. The molecule has 1 aliphatic carbocycles. The van der Waals surface area contributed by atoms with Gasteiger partial charge in [-0.05, 0) is 32.7 Å². The summed E-state index contributed by atoms with van der Waals surface area (Å²) in [5.74, 6) is 0. The molecule has 1 heterocycles. The van der Waals surface area contributed by atoms with Crippen LogP contribution in [0.15, 0.2) is 11.1 Å². The van der Waals surface area contributed by atoms with E-state index in [9.17, 15) is 4.79 Å². The predicted molar refractivity (Wildman–Crippen MR) is 59.1 cm³/mol. The zero-order chi connectivity index (χ0) is 10.7. The minimum Gasteiger partial charge on any atom is -0.318 e. The smallest absolute Gasteiger partial charge is 0.256 e. The van der Waals surface area contributed by atoms with Gasteiger partial charge in [0.25, 0.3) is 5.56 Å². The molecule has 82 valence electrons. The van der Waals surface area contributed by atoms with Crippen molar-refractivity contribution in [1.29, 1.82) is 0 Å². The Hall–Kier alpha value is -1.16. The summed E-state index contributed by atoms with van der Waals surface area (Å²) in [4.78, 5) is 16.4. The van der Waals surface area contributed by atoms with Crippen LogP contribution >= 0.6 is 0 Å². The molecule has 0 amide bonds. The summed E-state index contributed by atoms with van der Waals surface area (Å²) in [5, 5.41) is 3.04. The molecule has 2 rings (SSSR count). The largest absolute Gasteiger partial charge is 0.318 e. The van der Waals surface area contributed by atoms with Gasteiger partial charge >= 0.3 is 0 Å².